The summed E-state index contributed by atoms with van der Waals surface area (Å²) in [5.74, 6) is 0. The second kappa shape index (κ2) is 6.26. The van der Waals surface area contributed by atoms with Crippen molar-refractivity contribution in [3.8, 4) is 0 Å². The van der Waals surface area contributed by atoms with E-state index >= 15 is 0 Å². The van der Waals surface area contributed by atoms with Gasteiger partial charge in [0.15, 0.2) is 0 Å². The number of benzene rings is 2. The molecule has 2 atom stereocenters. The van der Waals surface area contributed by atoms with Crippen molar-refractivity contribution in [2.24, 2.45) is 0 Å². The quantitative estimate of drug-likeness (QED) is 0.760. The van der Waals surface area contributed by atoms with Crippen LogP contribution < -0.4 is 10.9 Å². The van der Waals surface area contributed by atoms with E-state index in [1.165, 1.54) is 0 Å². The molecule has 2 fully saturated rings. The van der Waals surface area contributed by atoms with Crippen LogP contribution in [-0.4, -0.2) is 39.7 Å². The third-order valence-corrected chi connectivity index (χ3v) is 3.98. The molecule has 2 aromatic rings. The van der Waals surface area contributed by atoms with Gasteiger partial charge in [0.05, 0.1) is 25.4 Å². The minimum atomic E-state index is -0.345. The third kappa shape index (κ3) is 2.83. The molecular formula is C16H16B2O4. The van der Waals surface area contributed by atoms with Gasteiger partial charge in [-0.05, 0) is 10.9 Å². The summed E-state index contributed by atoms with van der Waals surface area (Å²) >= 11 is 0. The Morgan fingerprint density at radius 3 is 1.45 bits per heavy atom. The predicted octanol–water partition coefficient (Wildman–Crippen LogP) is 0.608. The molecule has 6 heteroatoms. The first-order chi connectivity index (χ1) is 10.9. The van der Waals surface area contributed by atoms with Gasteiger partial charge in [-0.1, -0.05) is 60.7 Å². The SMILES string of the molecule is c1ccc(B2OCC3OB(c4ccccc4)OCC3O2)cc1. The molecule has 2 aromatic carbocycles. The molecule has 4 nitrogen and oxygen atoms in total. The third-order valence-electron chi connectivity index (χ3n) is 3.98. The van der Waals surface area contributed by atoms with E-state index in [9.17, 15) is 0 Å². The lowest BCUT2D eigenvalue weighted by Crippen LogP contribution is -2.60. The van der Waals surface area contributed by atoms with E-state index in [0.717, 1.165) is 10.9 Å². The normalized spacial score (nSPS) is 24.9. The van der Waals surface area contributed by atoms with E-state index in [4.69, 9.17) is 18.6 Å². The van der Waals surface area contributed by atoms with Crippen molar-refractivity contribution >= 4 is 25.2 Å². The van der Waals surface area contributed by atoms with Crippen molar-refractivity contribution in [2.75, 3.05) is 13.2 Å². The summed E-state index contributed by atoms with van der Waals surface area (Å²) in [5, 5.41) is 0. The topological polar surface area (TPSA) is 36.9 Å². The summed E-state index contributed by atoms with van der Waals surface area (Å²) in [6.45, 7) is 1.02. The van der Waals surface area contributed by atoms with Gasteiger partial charge in [0.25, 0.3) is 0 Å². The number of fused-ring (bicyclic) bond motifs is 1. The molecule has 2 unspecified atom stereocenters. The second-order valence-electron chi connectivity index (χ2n) is 5.50. The van der Waals surface area contributed by atoms with Crippen LogP contribution in [-0.2, 0) is 18.6 Å². The molecular weight excluding hydrogens is 278 g/mol. The lowest BCUT2D eigenvalue weighted by Gasteiger charge is -2.40. The largest absolute Gasteiger partial charge is 0.494 e. The average molecular weight is 294 g/mol. The fourth-order valence-corrected chi connectivity index (χ4v) is 2.80. The molecule has 0 saturated carbocycles. The second-order valence-corrected chi connectivity index (χ2v) is 5.50. The minimum Gasteiger partial charge on any atom is -0.405 e. The molecule has 0 amide bonds. The predicted molar refractivity (Wildman–Crippen MR) is 85.3 cm³/mol. The minimum absolute atomic E-state index is 0.0982. The molecule has 0 N–H and O–H groups in total. The van der Waals surface area contributed by atoms with E-state index in [2.05, 4.69) is 0 Å². The molecule has 110 valence electrons. The van der Waals surface area contributed by atoms with Gasteiger partial charge in [0, 0.05) is 0 Å². The Morgan fingerprint density at radius 2 is 1.05 bits per heavy atom. The van der Waals surface area contributed by atoms with E-state index in [1.807, 2.05) is 60.7 Å². The smallest absolute Gasteiger partial charge is 0.405 e. The molecule has 22 heavy (non-hydrogen) atoms. The van der Waals surface area contributed by atoms with E-state index in [0.29, 0.717) is 13.2 Å². The summed E-state index contributed by atoms with van der Waals surface area (Å²) in [6.07, 6.45) is -0.196. The summed E-state index contributed by atoms with van der Waals surface area (Å²) in [7, 11) is -0.689. The van der Waals surface area contributed by atoms with Gasteiger partial charge in [0.1, 0.15) is 0 Å². The highest BCUT2D eigenvalue weighted by molar-refractivity contribution is 6.62. The Labute approximate surface area is 130 Å². The van der Waals surface area contributed by atoms with Crippen LogP contribution in [0.4, 0.5) is 0 Å². The first-order valence-electron chi connectivity index (χ1n) is 7.54. The zero-order valence-electron chi connectivity index (χ0n) is 12.1. The first-order valence-corrected chi connectivity index (χ1v) is 7.54. The van der Waals surface area contributed by atoms with Crippen LogP contribution in [0.2, 0.25) is 0 Å². The van der Waals surface area contributed by atoms with Crippen LogP contribution in [0.5, 0.6) is 0 Å². The Balaban J connectivity index is 1.43. The molecule has 2 aliphatic heterocycles. The van der Waals surface area contributed by atoms with Gasteiger partial charge in [-0.25, -0.2) is 0 Å². The Kier molecular flexibility index (Phi) is 3.99. The molecule has 0 bridgehead atoms. The lowest BCUT2D eigenvalue weighted by atomic mass is 9.75. The van der Waals surface area contributed by atoms with Crippen molar-refractivity contribution in [1.82, 2.24) is 0 Å². The average Bonchev–Trinajstić information content (AvgIpc) is 2.62. The standard InChI is InChI=1S/C16H16B2O4/c1-3-7-13(8-4-1)17-19-11-16-15(21-17)12-20-18(22-16)14-9-5-2-6-10-14/h1-10,15-16H,11-12H2. The zero-order valence-corrected chi connectivity index (χ0v) is 12.1. The van der Waals surface area contributed by atoms with Gasteiger partial charge in [-0.2, -0.15) is 0 Å². The number of hydrogen-bond donors (Lipinski definition) is 0. The Hall–Kier alpha value is -1.59. The van der Waals surface area contributed by atoms with Crippen LogP contribution in [0.3, 0.4) is 0 Å². The van der Waals surface area contributed by atoms with Crippen molar-refractivity contribution in [3.05, 3.63) is 60.7 Å². The molecule has 4 rings (SSSR count). The van der Waals surface area contributed by atoms with Crippen molar-refractivity contribution in [3.63, 3.8) is 0 Å². The van der Waals surface area contributed by atoms with Gasteiger partial charge >= 0.3 is 14.2 Å². The van der Waals surface area contributed by atoms with Crippen LogP contribution in [0, 0.1) is 0 Å². The van der Waals surface area contributed by atoms with Crippen molar-refractivity contribution in [2.45, 2.75) is 12.2 Å². The molecule has 0 aliphatic carbocycles. The van der Waals surface area contributed by atoms with Gasteiger partial charge in [0.2, 0.25) is 0 Å². The molecule has 0 radical (unpaired) electrons. The monoisotopic (exact) mass is 294 g/mol. The van der Waals surface area contributed by atoms with Crippen LogP contribution in [0.25, 0.3) is 0 Å². The highest BCUT2D eigenvalue weighted by atomic mass is 16.7. The van der Waals surface area contributed by atoms with E-state index in [-0.39, 0.29) is 26.4 Å². The molecule has 2 heterocycles. The first kappa shape index (κ1) is 14.0. The van der Waals surface area contributed by atoms with Crippen molar-refractivity contribution < 1.29 is 18.6 Å². The van der Waals surface area contributed by atoms with E-state index < -0.39 is 0 Å². The molecule has 0 aromatic heterocycles. The highest BCUT2D eigenvalue weighted by Crippen LogP contribution is 2.20. The maximum atomic E-state index is 5.99. The Bertz CT molecular complexity index is 555. The Morgan fingerprint density at radius 1 is 0.636 bits per heavy atom. The van der Waals surface area contributed by atoms with Gasteiger partial charge < -0.3 is 18.6 Å². The maximum absolute atomic E-state index is 5.99. The molecule has 2 saturated heterocycles. The molecule has 2 aliphatic rings. The molecule has 0 spiro atoms. The van der Waals surface area contributed by atoms with Crippen LogP contribution >= 0.6 is 0 Å². The lowest BCUT2D eigenvalue weighted by molar-refractivity contribution is -0.0884. The van der Waals surface area contributed by atoms with E-state index in [1.54, 1.807) is 0 Å². The fourth-order valence-electron chi connectivity index (χ4n) is 2.80. The highest BCUT2D eigenvalue weighted by Gasteiger charge is 2.43. The zero-order chi connectivity index (χ0) is 14.8. The summed E-state index contributed by atoms with van der Waals surface area (Å²) in [4.78, 5) is 0. The van der Waals surface area contributed by atoms with Gasteiger partial charge in [-0.15, -0.1) is 0 Å². The van der Waals surface area contributed by atoms with Gasteiger partial charge in [-0.3, -0.25) is 0 Å². The maximum Gasteiger partial charge on any atom is 0.494 e. The van der Waals surface area contributed by atoms with Crippen molar-refractivity contribution in [1.29, 1.82) is 0 Å². The van der Waals surface area contributed by atoms with Crippen LogP contribution in [0.15, 0.2) is 60.7 Å². The van der Waals surface area contributed by atoms with Crippen LogP contribution in [0.1, 0.15) is 0 Å². The number of rotatable bonds is 2. The summed E-state index contributed by atoms with van der Waals surface area (Å²) in [6, 6.07) is 19.9. The number of hydrogen-bond acceptors (Lipinski definition) is 4. The summed E-state index contributed by atoms with van der Waals surface area (Å²) in [5.41, 5.74) is 2.04. The fraction of sp³-hybridized carbons (Fsp3) is 0.250. The summed E-state index contributed by atoms with van der Waals surface area (Å²) < 4.78 is 23.6.